The molecule has 5 heteroatoms. The van der Waals surface area contributed by atoms with E-state index in [1.165, 1.54) is 0 Å². The van der Waals surface area contributed by atoms with E-state index in [9.17, 15) is 4.79 Å². The molecule has 1 rings (SSSR count). The Morgan fingerprint density at radius 1 is 1.50 bits per heavy atom. The first-order chi connectivity index (χ1) is 6.65. The maximum atomic E-state index is 10.8. The molecule has 0 radical (unpaired) electrons. The molecular formula is C9H13N3O2. The van der Waals surface area contributed by atoms with E-state index in [0.29, 0.717) is 23.5 Å². The van der Waals surface area contributed by atoms with Crippen molar-refractivity contribution in [3.05, 3.63) is 23.8 Å². The Labute approximate surface area is 81.7 Å². The fourth-order valence-electron chi connectivity index (χ4n) is 1.05. The van der Waals surface area contributed by atoms with Crippen LogP contribution in [0.4, 0.5) is 11.4 Å². The third-order valence-electron chi connectivity index (χ3n) is 1.77. The van der Waals surface area contributed by atoms with Crippen molar-refractivity contribution in [3.63, 3.8) is 0 Å². The molecule has 1 aromatic carbocycles. The van der Waals surface area contributed by atoms with Crippen LogP contribution in [0.15, 0.2) is 18.2 Å². The van der Waals surface area contributed by atoms with Crippen LogP contribution < -0.4 is 16.8 Å². The Kier molecular flexibility index (Phi) is 3.30. The number of carbonyl (C=O) groups excluding carboxylic acids is 1. The largest absolute Gasteiger partial charge is 0.397 e. The van der Waals surface area contributed by atoms with Gasteiger partial charge in [0.25, 0.3) is 0 Å². The van der Waals surface area contributed by atoms with Gasteiger partial charge in [0.05, 0.1) is 18.0 Å². The summed E-state index contributed by atoms with van der Waals surface area (Å²) in [6.45, 7) is 0.382. The number of nitrogens with two attached hydrogens (primary N) is 2. The first kappa shape index (κ1) is 10.3. The van der Waals surface area contributed by atoms with Crippen molar-refractivity contribution in [1.82, 2.24) is 0 Å². The second-order valence-electron chi connectivity index (χ2n) is 2.82. The van der Waals surface area contributed by atoms with Crippen LogP contribution in [0.5, 0.6) is 0 Å². The monoisotopic (exact) mass is 195 g/mol. The molecule has 0 atom stereocenters. The number of anilines is 2. The maximum Gasteiger partial charge on any atom is 0.248 e. The highest BCUT2D eigenvalue weighted by atomic mass is 16.3. The Morgan fingerprint density at radius 3 is 2.79 bits per heavy atom. The molecule has 0 heterocycles. The van der Waals surface area contributed by atoms with Gasteiger partial charge in [0.2, 0.25) is 5.91 Å². The molecule has 0 aromatic heterocycles. The highest BCUT2D eigenvalue weighted by molar-refractivity contribution is 5.94. The predicted octanol–water partition coefficient (Wildman–Crippen LogP) is -0.228. The van der Waals surface area contributed by atoms with Crippen molar-refractivity contribution in [2.45, 2.75) is 0 Å². The SMILES string of the molecule is NC(=O)c1ccc(N)c(NCCO)c1. The highest BCUT2D eigenvalue weighted by Gasteiger charge is 2.04. The minimum Gasteiger partial charge on any atom is -0.397 e. The second kappa shape index (κ2) is 4.48. The summed E-state index contributed by atoms with van der Waals surface area (Å²) in [5.41, 5.74) is 12.3. The number of aliphatic hydroxyl groups excluding tert-OH is 1. The second-order valence-corrected chi connectivity index (χ2v) is 2.82. The lowest BCUT2D eigenvalue weighted by Gasteiger charge is -2.08. The number of nitrogen functional groups attached to an aromatic ring is 1. The molecule has 0 unspecified atom stereocenters. The topological polar surface area (TPSA) is 101 Å². The molecule has 0 saturated carbocycles. The average Bonchev–Trinajstić information content (AvgIpc) is 2.16. The van der Waals surface area contributed by atoms with Gasteiger partial charge in [-0.25, -0.2) is 0 Å². The molecule has 5 nitrogen and oxygen atoms in total. The molecule has 1 aromatic rings. The minimum absolute atomic E-state index is 0.000237. The number of amides is 1. The van der Waals surface area contributed by atoms with Crippen molar-refractivity contribution in [2.24, 2.45) is 5.73 Å². The summed E-state index contributed by atoms with van der Waals surface area (Å²) < 4.78 is 0. The van der Waals surface area contributed by atoms with Crippen LogP contribution in [0.3, 0.4) is 0 Å². The van der Waals surface area contributed by atoms with E-state index in [1.807, 2.05) is 0 Å². The zero-order chi connectivity index (χ0) is 10.6. The van der Waals surface area contributed by atoms with Gasteiger partial charge in [-0.3, -0.25) is 4.79 Å². The first-order valence-corrected chi connectivity index (χ1v) is 4.19. The number of hydrogen-bond acceptors (Lipinski definition) is 4. The molecule has 0 aliphatic rings. The van der Waals surface area contributed by atoms with E-state index >= 15 is 0 Å². The van der Waals surface area contributed by atoms with E-state index in [4.69, 9.17) is 16.6 Å². The molecule has 1 amide bonds. The molecule has 76 valence electrons. The number of rotatable bonds is 4. The van der Waals surface area contributed by atoms with Gasteiger partial charge >= 0.3 is 0 Å². The zero-order valence-electron chi connectivity index (χ0n) is 7.66. The Hall–Kier alpha value is -1.75. The summed E-state index contributed by atoms with van der Waals surface area (Å²) in [5.74, 6) is -0.503. The molecule has 0 saturated heterocycles. The fraction of sp³-hybridized carbons (Fsp3) is 0.222. The molecule has 0 bridgehead atoms. The van der Waals surface area contributed by atoms with Crippen LogP contribution in [0.2, 0.25) is 0 Å². The Bertz CT molecular complexity index is 339. The Balaban J connectivity index is 2.90. The van der Waals surface area contributed by atoms with Crippen molar-refractivity contribution in [3.8, 4) is 0 Å². The molecule has 6 N–H and O–H groups in total. The van der Waals surface area contributed by atoms with Crippen LogP contribution in [-0.2, 0) is 0 Å². The van der Waals surface area contributed by atoms with Crippen molar-refractivity contribution >= 4 is 17.3 Å². The molecular weight excluding hydrogens is 182 g/mol. The minimum atomic E-state index is -0.503. The summed E-state index contributed by atoms with van der Waals surface area (Å²) in [6, 6.07) is 4.72. The van der Waals surface area contributed by atoms with Gasteiger partial charge in [-0.15, -0.1) is 0 Å². The van der Waals surface area contributed by atoms with Crippen molar-refractivity contribution in [2.75, 3.05) is 24.2 Å². The summed E-state index contributed by atoms with van der Waals surface area (Å²) in [5, 5.41) is 11.5. The number of benzene rings is 1. The fourth-order valence-corrected chi connectivity index (χ4v) is 1.05. The third kappa shape index (κ3) is 2.37. The van der Waals surface area contributed by atoms with Gasteiger partial charge in [-0.2, -0.15) is 0 Å². The van der Waals surface area contributed by atoms with E-state index in [1.54, 1.807) is 18.2 Å². The lowest BCUT2D eigenvalue weighted by Crippen LogP contribution is -2.13. The maximum absolute atomic E-state index is 10.8. The molecule has 0 spiro atoms. The quantitative estimate of drug-likeness (QED) is 0.498. The summed E-state index contributed by atoms with van der Waals surface area (Å²) in [7, 11) is 0. The number of primary amides is 1. The van der Waals surface area contributed by atoms with Crippen LogP contribution in [0, 0.1) is 0 Å². The summed E-state index contributed by atoms with van der Waals surface area (Å²) in [4.78, 5) is 10.8. The first-order valence-electron chi connectivity index (χ1n) is 4.19. The lowest BCUT2D eigenvalue weighted by atomic mass is 10.1. The van der Waals surface area contributed by atoms with Gasteiger partial charge < -0.3 is 21.9 Å². The van der Waals surface area contributed by atoms with Gasteiger partial charge in [0.15, 0.2) is 0 Å². The molecule has 0 aliphatic heterocycles. The summed E-state index contributed by atoms with van der Waals surface area (Å²) >= 11 is 0. The van der Waals surface area contributed by atoms with Gasteiger partial charge in [0.1, 0.15) is 0 Å². The van der Waals surface area contributed by atoms with Gasteiger partial charge in [-0.1, -0.05) is 0 Å². The summed E-state index contributed by atoms with van der Waals surface area (Å²) in [6.07, 6.45) is 0. The van der Waals surface area contributed by atoms with Crippen molar-refractivity contribution < 1.29 is 9.90 Å². The van der Waals surface area contributed by atoms with Gasteiger partial charge in [-0.05, 0) is 18.2 Å². The standard InChI is InChI=1S/C9H13N3O2/c10-7-2-1-6(9(11)14)5-8(7)12-3-4-13/h1-2,5,12-13H,3-4,10H2,(H2,11,14). The number of carbonyl (C=O) groups is 1. The van der Waals surface area contributed by atoms with E-state index in [0.717, 1.165) is 0 Å². The van der Waals surface area contributed by atoms with Crippen molar-refractivity contribution in [1.29, 1.82) is 0 Å². The molecule has 0 aliphatic carbocycles. The highest BCUT2D eigenvalue weighted by Crippen LogP contribution is 2.19. The predicted molar refractivity (Wildman–Crippen MR) is 54.9 cm³/mol. The number of nitrogens with one attached hydrogen (secondary N) is 1. The lowest BCUT2D eigenvalue weighted by molar-refractivity contribution is 0.100. The van der Waals surface area contributed by atoms with Crippen LogP contribution >= 0.6 is 0 Å². The normalized spacial score (nSPS) is 9.79. The van der Waals surface area contributed by atoms with E-state index < -0.39 is 5.91 Å². The van der Waals surface area contributed by atoms with E-state index in [-0.39, 0.29) is 6.61 Å². The molecule has 14 heavy (non-hydrogen) atoms. The van der Waals surface area contributed by atoms with Crippen LogP contribution in [-0.4, -0.2) is 24.2 Å². The van der Waals surface area contributed by atoms with E-state index in [2.05, 4.69) is 5.32 Å². The zero-order valence-corrected chi connectivity index (χ0v) is 7.66. The molecule has 0 fully saturated rings. The third-order valence-corrected chi connectivity index (χ3v) is 1.77. The average molecular weight is 195 g/mol. The Morgan fingerprint density at radius 2 is 2.21 bits per heavy atom. The smallest absolute Gasteiger partial charge is 0.248 e. The number of hydrogen-bond donors (Lipinski definition) is 4. The number of aliphatic hydroxyl groups is 1. The van der Waals surface area contributed by atoms with Crippen LogP contribution in [0.1, 0.15) is 10.4 Å². The van der Waals surface area contributed by atoms with Gasteiger partial charge in [0, 0.05) is 12.1 Å². The van der Waals surface area contributed by atoms with Crippen LogP contribution in [0.25, 0.3) is 0 Å².